The van der Waals surface area contributed by atoms with Crippen molar-refractivity contribution in [1.29, 1.82) is 0 Å². The Bertz CT molecular complexity index is 497. The normalized spacial score (nSPS) is 29.1. The van der Waals surface area contributed by atoms with Crippen LogP contribution >= 0.6 is 0 Å². The van der Waals surface area contributed by atoms with Crippen LogP contribution in [0, 0.1) is 0 Å². The molecule has 1 aromatic carbocycles. The highest BCUT2D eigenvalue weighted by atomic mass is 16.6. The lowest BCUT2D eigenvalue weighted by molar-refractivity contribution is -0.0396. The second kappa shape index (κ2) is 3.32. The lowest BCUT2D eigenvalue weighted by Gasteiger charge is -2.38. The molecular formula is C13H15NO3. The van der Waals surface area contributed by atoms with E-state index in [1.165, 1.54) is 0 Å². The molecule has 2 aliphatic heterocycles. The van der Waals surface area contributed by atoms with E-state index >= 15 is 0 Å². The molecule has 0 aromatic heterocycles. The van der Waals surface area contributed by atoms with Gasteiger partial charge in [-0.15, -0.1) is 0 Å². The van der Waals surface area contributed by atoms with Gasteiger partial charge in [0.15, 0.2) is 17.6 Å². The lowest BCUT2D eigenvalue weighted by Crippen LogP contribution is -2.55. The number of ether oxygens (including phenoxy) is 3. The second-order valence-electron chi connectivity index (χ2n) is 4.51. The summed E-state index contributed by atoms with van der Waals surface area (Å²) in [5.41, 5.74) is 0.510. The first-order valence-electron chi connectivity index (χ1n) is 5.62. The van der Waals surface area contributed by atoms with E-state index in [0.717, 1.165) is 11.4 Å². The molecule has 0 saturated carbocycles. The number of hydrogen-bond donors (Lipinski definition) is 1. The number of fused-ring (bicyclic) bond motifs is 2. The van der Waals surface area contributed by atoms with Gasteiger partial charge < -0.3 is 19.5 Å². The fourth-order valence-corrected chi connectivity index (χ4v) is 2.32. The zero-order valence-electron chi connectivity index (χ0n) is 10.1. The van der Waals surface area contributed by atoms with Crippen LogP contribution in [0.1, 0.15) is 13.8 Å². The largest absolute Gasteiger partial charge is 0.493 e. The monoisotopic (exact) mass is 233 g/mol. The van der Waals surface area contributed by atoms with E-state index in [-0.39, 0.29) is 6.10 Å². The Kier molecular flexibility index (Phi) is 2.02. The highest BCUT2D eigenvalue weighted by molar-refractivity contribution is 5.53. The third-order valence-corrected chi connectivity index (χ3v) is 3.12. The number of methoxy groups -OCH3 is 1. The lowest BCUT2D eigenvalue weighted by atomic mass is 10.1. The van der Waals surface area contributed by atoms with Crippen molar-refractivity contribution in [3.63, 3.8) is 0 Å². The summed E-state index contributed by atoms with van der Waals surface area (Å²) in [6.45, 7) is 3.97. The summed E-state index contributed by atoms with van der Waals surface area (Å²) in [4.78, 5) is 0. The van der Waals surface area contributed by atoms with Gasteiger partial charge in [0.25, 0.3) is 0 Å². The van der Waals surface area contributed by atoms with Crippen molar-refractivity contribution >= 4 is 0 Å². The Morgan fingerprint density at radius 1 is 1.41 bits per heavy atom. The maximum Gasteiger partial charge on any atom is 0.218 e. The van der Waals surface area contributed by atoms with Crippen molar-refractivity contribution in [2.45, 2.75) is 25.7 Å². The highest BCUT2D eigenvalue weighted by Gasteiger charge is 2.46. The second-order valence-corrected chi connectivity index (χ2v) is 4.51. The molecular weight excluding hydrogens is 218 g/mol. The summed E-state index contributed by atoms with van der Waals surface area (Å²) in [7, 11) is 1.62. The number of para-hydroxylation sites is 1. The van der Waals surface area contributed by atoms with Crippen molar-refractivity contribution in [3.8, 4) is 17.2 Å². The Morgan fingerprint density at radius 3 is 3.00 bits per heavy atom. The zero-order chi connectivity index (χ0) is 12.0. The van der Waals surface area contributed by atoms with Crippen LogP contribution in [-0.4, -0.2) is 18.9 Å². The number of allylic oxidation sites excluding steroid dienone is 1. The van der Waals surface area contributed by atoms with Gasteiger partial charge in [-0.2, -0.15) is 0 Å². The molecule has 2 aliphatic rings. The van der Waals surface area contributed by atoms with Gasteiger partial charge in [0.1, 0.15) is 0 Å². The minimum absolute atomic E-state index is 0.109. The summed E-state index contributed by atoms with van der Waals surface area (Å²) in [6.07, 6.45) is 1.92. The van der Waals surface area contributed by atoms with Crippen molar-refractivity contribution in [3.05, 3.63) is 30.0 Å². The van der Waals surface area contributed by atoms with Gasteiger partial charge in [-0.05, 0) is 32.1 Å². The van der Waals surface area contributed by atoms with Crippen LogP contribution in [-0.2, 0) is 0 Å². The van der Waals surface area contributed by atoms with Gasteiger partial charge in [0, 0.05) is 5.70 Å². The maximum atomic E-state index is 6.02. The van der Waals surface area contributed by atoms with E-state index in [0.29, 0.717) is 11.5 Å². The van der Waals surface area contributed by atoms with Gasteiger partial charge >= 0.3 is 0 Å². The fraction of sp³-hybridized carbons (Fsp3) is 0.385. The van der Waals surface area contributed by atoms with Crippen LogP contribution in [0.15, 0.2) is 30.0 Å². The molecule has 4 heteroatoms. The molecule has 2 heterocycles. The molecule has 90 valence electrons. The molecule has 0 amide bonds. The molecule has 0 fully saturated rings. The summed E-state index contributed by atoms with van der Waals surface area (Å²) in [5.74, 6) is 2.07. The van der Waals surface area contributed by atoms with E-state index < -0.39 is 5.72 Å². The van der Waals surface area contributed by atoms with Gasteiger partial charge in [-0.25, -0.2) is 0 Å². The molecule has 1 N–H and O–H groups in total. The van der Waals surface area contributed by atoms with Gasteiger partial charge in [0.2, 0.25) is 11.5 Å². The van der Waals surface area contributed by atoms with Gasteiger partial charge in [-0.1, -0.05) is 6.07 Å². The molecule has 2 atom stereocenters. The van der Waals surface area contributed by atoms with Crippen molar-refractivity contribution < 1.29 is 14.2 Å². The molecule has 0 aliphatic carbocycles. The standard InChI is InChI=1S/C13H15NO3/c1-8-7-11-13(2,14-8)17-12-9(15-3)5-4-6-10(12)16-11/h4-7,11,14H,1-3H3/t11-,13-/m1/s1. The molecule has 17 heavy (non-hydrogen) atoms. The Labute approximate surface area is 100 Å². The average Bonchev–Trinajstić information content (AvgIpc) is 2.58. The Hall–Kier alpha value is -1.84. The van der Waals surface area contributed by atoms with Crippen molar-refractivity contribution in [2.75, 3.05) is 7.11 Å². The quantitative estimate of drug-likeness (QED) is 0.806. The Balaban J connectivity index is 2.04. The SMILES string of the molecule is COc1cccc2c1O[C@@]1(C)NC(C)=C[C@H]1O2. The first kappa shape index (κ1) is 10.3. The molecule has 0 unspecified atom stereocenters. The molecule has 0 saturated heterocycles. The minimum atomic E-state index is -0.550. The number of rotatable bonds is 1. The third kappa shape index (κ3) is 1.44. The summed E-state index contributed by atoms with van der Waals surface area (Å²) in [5, 5.41) is 3.28. The van der Waals surface area contributed by atoms with Gasteiger partial charge in [0.05, 0.1) is 7.11 Å². The average molecular weight is 233 g/mol. The van der Waals surface area contributed by atoms with E-state index in [1.54, 1.807) is 7.11 Å². The topological polar surface area (TPSA) is 39.7 Å². The molecule has 1 aromatic rings. The maximum absolute atomic E-state index is 6.02. The fourth-order valence-electron chi connectivity index (χ4n) is 2.32. The number of nitrogens with one attached hydrogen (secondary N) is 1. The van der Waals surface area contributed by atoms with Crippen LogP contribution in [0.5, 0.6) is 17.2 Å². The van der Waals surface area contributed by atoms with Crippen LogP contribution in [0.2, 0.25) is 0 Å². The number of benzene rings is 1. The first-order valence-corrected chi connectivity index (χ1v) is 5.62. The molecule has 0 radical (unpaired) electrons. The van der Waals surface area contributed by atoms with E-state index in [9.17, 15) is 0 Å². The summed E-state index contributed by atoms with van der Waals surface area (Å²) < 4.78 is 17.2. The van der Waals surface area contributed by atoms with Crippen LogP contribution in [0.25, 0.3) is 0 Å². The molecule has 0 spiro atoms. The van der Waals surface area contributed by atoms with Crippen molar-refractivity contribution in [1.82, 2.24) is 5.32 Å². The smallest absolute Gasteiger partial charge is 0.218 e. The zero-order valence-corrected chi connectivity index (χ0v) is 10.1. The molecule has 4 nitrogen and oxygen atoms in total. The van der Waals surface area contributed by atoms with E-state index in [1.807, 2.05) is 38.1 Å². The summed E-state index contributed by atoms with van der Waals surface area (Å²) >= 11 is 0. The minimum Gasteiger partial charge on any atom is -0.493 e. The third-order valence-electron chi connectivity index (χ3n) is 3.12. The van der Waals surface area contributed by atoms with E-state index in [4.69, 9.17) is 14.2 Å². The van der Waals surface area contributed by atoms with E-state index in [2.05, 4.69) is 5.32 Å². The van der Waals surface area contributed by atoms with Crippen LogP contribution < -0.4 is 19.5 Å². The first-order chi connectivity index (χ1) is 8.12. The predicted molar refractivity (Wildman–Crippen MR) is 63.3 cm³/mol. The summed E-state index contributed by atoms with van der Waals surface area (Å²) in [6, 6.07) is 5.64. The van der Waals surface area contributed by atoms with Crippen LogP contribution in [0.4, 0.5) is 0 Å². The predicted octanol–water partition coefficient (Wildman–Crippen LogP) is 2.06. The number of hydrogen-bond acceptors (Lipinski definition) is 4. The van der Waals surface area contributed by atoms with Crippen LogP contribution in [0.3, 0.4) is 0 Å². The molecule has 3 rings (SSSR count). The highest BCUT2D eigenvalue weighted by Crippen LogP contribution is 2.45. The van der Waals surface area contributed by atoms with Crippen molar-refractivity contribution in [2.24, 2.45) is 0 Å². The molecule has 0 bridgehead atoms. The Morgan fingerprint density at radius 2 is 2.24 bits per heavy atom. The van der Waals surface area contributed by atoms with Gasteiger partial charge in [-0.3, -0.25) is 0 Å².